The number of primary sulfonamides is 1. The molecule has 1 amide bonds. The van der Waals surface area contributed by atoms with Crippen molar-refractivity contribution in [3.05, 3.63) is 28.8 Å². The van der Waals surface area contributed by atoms with Crippen LogP contribution < -0.4 is 15.8 Å². The van der Waals surface area contributed by atoms with Crippen LogP contribution in [0.15, 0.2) is 17.0 Å². The molecule has 1 aliphatic rings. The van der Waals surface area contributed by atoms with Crippen molar-refractivity contribution in [1.82, 2.24) is 10.6 Å². The van der Waals surface area contributed by atoms with Crippen molar-refractivity contribution in [1.29, 1.82) is 0 Å². The number of sulfonamides is 1. The fraction of sp³-hybridized carbons (Fsp3) is 0.500. The Bertz CT molecular complexity index is 656. The molecule has 2 rings (SSSR count). The highest BCUT2D eigenvalue weighted by Crippen LogP contribution is 2.20. The van der Waals surface area contributed by atoms with Crippen molar-refractivity contribution in [2.24, 2.45) is 5.14 Å². The molecule has 0 saturated carbocycles. The van der Waals surface area contributed by atoms with Crippen LogP contribution in [-0.2, 0) is 10.0 Å². The number of rotatable bonds is 3. The predicted octanol–water partition coefficient (Wildman–Crippen LogP) is 0.854. The minimum Gasteiger partial charge on any atom is -0.348 e. The van der Waals surface area contributed by atoms with E-state index in [1.165, 1.54) is 6.07 Å². The molecule has 0 spiro atoms. The van der Waals surface area contributed by atoms with E-state index in [0.717, 1.165) is 31.5 Å². The largest absolute Gasteiger partial charge is 0.348 e. The average molecular weight is 348 g/mol. The van der Waals surface area contributed by atoms with Gasteiger partial charge in [0.15, 0.2) is 0 Å². The first-order chi connectivity index (χ1) is 9.79. The van der Waals surface area contributed by atoms with Crippen LogP contribution in [0.5, 0.6) is 0 Å². The van der Waals surface area contributed by atoms with Gasteiger partial charge in [0.1, 0.15) is 0 Å². The van der Waals surface area contributed by atoms with Crippen LogP contribution in [0.2, 0.25) is 0 Å². The second-order valence-electron chi connectivity index (χ2n) is 5.48. The molecule has 1 aromatic carbocycles. The summed E-state index contributed by atoms with van der Waals surface area (Å²) in [7, 11) is -3.84. The Balaban J connectivity index is 0.00000242. The van der Waals surface area contributed by atoms with Crippen LogP contribution in [0.3, 0.4) is 0 Å². The third kappa shape index (κ3) is 4.42. The maximum Gasteiger partial charge on any atom is 0.251 e. The van der Waals surface area contributed by atoms with Gasteiger partial charge in [-0.2, -0.15) is 0 Å². The lowest BCUT2D eigenvalue weighted by molar-refractivity contribution is 0.0930. The molecular weight excluding hydrogens is 326 g/mol. The Morgan fingerprint density at radius 2 is 2.05 bits per heavy atom. The Morgan fingerprint density at radius 1 is 1.36 bits per heavy atom. The third-order valence-electron chi connectivity index (χ3n) is 3.82. The summed E-state index contributed by atoms with van der Waals surface area (Å²) in [5.41, 5.74) is 1.63. The number of hydrogen-bond donors (Lipinski definition) is 3. The van der Waals surface area contributed by atoms with E-state index in [0.29, 0.717) is 11.1 Å². The average Bonchev–Trinajstić information content (AvgIpc) is 2.41. The van der Waals surface area contributed by atoms with Crippen molar-refractivity contribution in [3.8, 4) is 0 Å². The van der Waals surface area contributed by atoms with Gasteiger partial charge in [0.2, 0.25) is 10.0 Å². The van der Waals surface area contributed by atoms with Crippen LogP contribution in [0.25, 0.3) is 0 Å². The lowest BCUT2D eigenvalue weighted by atomic mass is 10.0. The smallest absolute Gasteiger partial charge is 0.251 e. The standard InChI is InChI=1S/C14H21N3O3S.ClH/c1-9-6-11(7-13(10(9)2)21(15,19)20)14(18)17-12-4-3-5-16-8-12;/h6-7,12,16H,3-5,8H2,1-2H3,(H,17,18)(H2,15,19,20);1H/t12-;/m0./s1. The van der Waals surface area contributed by atoms with Gasteiger partial charge in [0, 0.05) is 18.2 Å². The van der Waals surface area contributed by atoms with E-state index in [9.17, 15) is 13.2 Å². The molecule has 0 bridgehead atoms. The topological polar surface area (TPSA) is 101 Å². The van der Waals surface area contributed by atoms with E-state index >= 15 is 0 Å². The molecule has 1 aliphatic heterocycles. The lowest BCUT2D eigenvalue weighted by Crippen LogP contribution is -2.45. The van der Waals surface area contributed by atoms with Crippen LogP contribution in [0.4, 0.5) is 0 Å². The summed E-state index contributed by atoms with van der Waals surface area (Å²) in [5, 5.41) is 11.4. The molecule has 1 aromatic rings. The molecule has 1 fully saturated rings. The molecule has 4 N–H and O–H groups in total. The highest BCUT2D eigenvalue weighted by atomic mass is 35.5. The SMILES string of the molecule is Cc1cc(C(=O)N[C@H]2CCCNC2)cc(S(N)(=O)=O)c1C.Cl. The number of piperidine rings is 1. The van der Waals surface area contributed by atoms with Gasteiger partial charge in [0.05, 0.1) is 4.90 Å². The van der Waals surface area contributed by atoms with Gasteiger partial charge in [-0.3, -0.25) is 4.79 Å². The number of aryl methyl sites for hydroxylation is 1. The zero-order chi connectivity index (χ0) is 15.6. The molecule has 6 nitrogen and oxygen atoms in total. The van der Waals surface area contributed by atoms with Gasteiger partial charge < -0.3 is 10.6 Å². The van der Waals surface area contributed by atoms with Gasteiger partial charge in [-0.05, 0) is 56.5 Å². The third-order valence-corrected chi connectivity index (χ3v) is 4.86. The molecule has 0 aliphatic carbocycles. The molecule has 1 atom stereocenters. The summed E-state index contributed by atoms with van der Waals surface area (Å²) < 4.78 is 23.2. The summed E-state index contributed by atoms with van der Waals surface area (Å²) >= 11 is 0. The van der Waals surface area contributed by atoms with E-state index in [2.05, 4.69) is 10.6 Å². The molecule has 8 heteroatoms. The van der Waals surface area contributed by atoms with Gasteiger partial charge >= 0.3 is 0 Å². The first kappa shape index (κ1) is 18.9. The number of carbonyl (C=O) groups excluding carboxylic acids is 1. The number of benzene rings is 1. The van der Waals surface area contributed by atoms with E-state index in [1.54, 1.807) is 19.9 Å². The maximum absolute atomic E-state index is 12.3. The Kier molecular flexibility index (Phi) is 6.37. The van der Waals surface area contributed by atoms with E-state index < -0.39 is 10.0 Å². The molecular formula is C14H22ClN3O3S. The minimum absolute atomic E-state index is 0. The fourth-order valence-corrected chi connectivity index (χ4v) is 3.38. The second kappa shape index (κ2) is 7.41. The van der Waals surface area contributed by atoms with Crippen LogP contribution in [-0.4, -0.2) is 33.5 Å². The lowest BCUT2D eigenvalue weighted by Gasteiger charge is -2.24. The normalized spacial score (nSPS) is 18.4. The second-order valence-corrected chi connectivity index (χ2v) is 7.01. The monoisotopic (exact) mass is 347 g/mol. The molecule has 1 saturated heterocycles. The van der Waals surface area contributed by atoms with Crippen molar-refractivity contribution in [3.63, 3.8) is 0 Å². The molecule has 0 aromatic heterocycles. The zero-order valence-electron chi connectivity index (χ0n) is 12.7. The Hall–Kier alpha value is -1.15. The van der Waals surface area contributed by atoms with Crippen molar-refractivity contribution >= 4 is 28.3 Å². The number of halogens is 1. The van der Waals surface area contributed by atoms with Crippen LogP contribution >= 0.6 is 12.4 Å². The van der Waals surface area contributed by atoms with Gasteiger partial charge in [0.25, 0.3) is 5.91 Å². The number of hydrogen-bond acceptors (Lipinski definition) is 4. The first-order valence-electron chi connectivity index (χ1n) is 6.94. The summed E-state index contributed by atoms with van der Waals surface area (Å²) in [5.74, 6) is -0.267. The molecule has 0 unspecified atom stereocenters. The van der Waals surface area contributed by atoms with Gasteiger partial charge in [-0.25, -0.2) is 13.6 Å². The van der Waals surface area contributed by atoms with Crippen molar-refractivity contribution in [2.75, 3.05) is 13.1 Å². The highest BCUT2D eigenvalue weighted by Gasteiger charge is 2.20. The summed E-state index contributed by atoms with van der Waals surface area (Å²) in [6.45, 7) is 5.15. The van der Waals surface area contributed by atoms with E-state index in [-0.39, 0.29) is 29.3 Å². The van der Waals surface area contributed by atoms with Gasteiger partial charge in [-0.1, -0.05) is 0 Å². The number of amides is 1. The molecule has 0 radical (unpaired) electrons. The fourth-order valence-electron chi connectivity index (χ4n) is 2.50. The van der Waals surface area contributed by atoms with E-state index in [1.807, 2.05) is 0 Å². The van der Waals surface area contributed by atoms with Crippen LogP contribution in [0, 0.1) is 13.8 Å². The summed E-state index contributed by atoms with van der Waals surface area (Å²) in [4.78, 5) is 12.3. The highest BCUT2D eigenvalue weighted by molar-refractivity contribution is 7.89. The van der Waals surface area contributed by atoms with Crippen molar-refractivity contribution in [2.45, 2.75) is 37.6 Å². The molecule has 22 heavy (non-hydrogen) atoms. The maximum atomic E-state index is 12.3. The minimum atomic E-state index is -3.84. The van der Waals surface area contributed by atoms with Gasteiger partial charge in [-0.15, -0.1) is 12.4 Å². The molecule has 124 valence electrons. The summed E-state index contributed by atoms with van der Waals surface area (Å²) in [6, 6.07) is 3.12. The van der Waals surface area contributed by atoms with Crippen LogP contribution in [0.1, 0.15) is 34.3 Å². The first-order valence-corrected chi connectivity index (χ1v) is 8.49. The Labute approximate surface area is 137 Å². The Morgan fingerprint density at radius 3 is 2.59 bits per heavy atom. The van der Waals surface area contributed by atoms with Crippen molar-refractivity contribution < 1.29 is 13.2 Å². The predicted molar refractivity (Wildman–Crippen MR) is 87.9 cm³/mol. The number of nitrogens with one attached hydrogen (secondary N) is 2. The number of carbonyl (C=O) groups is 1. The molecule has 1 heterocycles. The summed E-state index contributed by atoms with van der Waals surface area (Å²) in [6.07, 6.45) is 1.94. The number of nitrogens with two attached hydrogens (primary N) is 1. The van der Waals surface area contributed by atoms with E-state index in [4.69, 9.17) is 5.14 Å². The zero-order valence-corrected chi connectivity index (χ0v) is 14.3. The quantitative estimate of drug-likeness (QED) is 0.754.